The number of piperidine rings is 1. The van der Waals surface area contributed by atoms with Gasteiger partial charge in [0.2, 0.25) is 0 Å². The number of nitrogens with two attached hydrogens (primary N) is 2. The topological polar surface area (TPSA) is 94.7 Å². The number of pyridine rings is 1. The monoisotopic (exact) mass is 496 g/mol. The van der Waals surface area contributed by atoms with E-state index in [0.29, 0.717) is 39.5 Å². The Morgan fingerprint density at radius 1 is 1.28 bits per heavy atom. The van der Waals surface area contributed by atoms with E-state index in [1.165, 1.54) is 11.8 Å². The van der Waals surface area contributed by atoms with E-state index in [0.717, 1.165) is 36.6 Å². The molecule has 11 heteroatoms. The van der Waals surface area contributed by atoms with Crippen molar-refractivity contribution in [1.29, 1.82) is 0 Å². The number of rotatable bonds is 4. The Kier molecular flexibility index (Phi) is 5.88. The van der Waals surface area contributed by atoms with E-state index in [2.05, 4.69) is 15.0 Å². The van der Waals surface area contributed by atoms with Crippen LogP contribution in [0, 0.1) is 5.41 Å². The van der Waals surface area contributed by atoms with Crippen LogP contribution < -0.4 is 16.4 Å². The number of nitrogens with zero attached hydrogens (tertiary/aromatic N) is 4. The highest BCUT2D eigenvalue weighted by Crippen LogP contribution is 2.44. The number of benzene rings is 1. The lowest BCUT2D eigenvalue weighted by Gasteiger charge is -2.41. The first-order valence-corrected chi connectivity index (χ1v) is 11.9. The maximum atomic E-state index is 13.5. The fraction of sp³-hybridized carbons (Fsp3) is 0.429. The molecule has 0 amide bonds. The molecule has 4 heterocycles. The van der Waals surface area contributed by atoms with Crippen LogP contribution in [0.4, 0.5) is 15.9 Å². The first-order valence-electron chi connectivity index (χ1n) is 10.4. The van der Waals surface area contributed by atoms with Gasteiger partial charge in [-0.2, -0.15) is 4.52 Å². The van der Waals surface area contributed by atoms with Crippen LogP contribution in [0.15, 0.2) is 34.1 Å². The molecule has 0 bridgehead atoms. The second kappa shape index (κ2) is 8.53. The molecule has 5 rings (SSSR count). The summed E-state index contributed by atoms with van der Waals surface area (Å²) in [7, 11) is 0. The SMILES string of the molecule is Nc1cc(N2CCC3(CC2)COC[C@H]3N)n2nc(CF)nc2c1Sc1cccc(Cl)c1Cl. The average molecular weight is 497 g/mol. The van der Waals surface area contributed by atoms with Gasteiger partial charge in [0.1, 0.15) is 5.82 Å². The van der Waals surface area contributed by atoms with E-state index >= 15 is 0 Å². The molecule has 7 nitrogen and oxygen atoms in total. The van der Waals surface area contributed by atoms with Gasteiger partial charge in [0.25, 0.3) is 0 Å². The lowest BCUT2D eigenvalue weighted by Crippen LogP contribution is -2.49. The highest BCUT2D eigenvalue weighted by atomic mass is 35.5. The minimum absolute atomic E-state index is 0.0206. The standard InChI is InChI=1S/C21H23Cl2FN6OS/c22-12-2-1-3-14(18(12)23)32-19-13(25)8-17(30-20(19)27-16(9-24)28-30)29-6-4-21(5-7-29)11-31-10-15(21)26/h1-3,8,15H,4-7,9-11,25-26H2/t15-/m1/s1. The molecule has 1 spiro atoms. The van der Waals surface area contributed by atoms with Crippen LogP contribution in [0.25, 0.3) is 5.65 Å². The third kappa shape index (κ3) is 3.70. The number of halogens is 3. The molecule has 4 N–H and O–H groups in total. The van der Waals surface area contributed by atoms with Crippen molar-refractivity contribution in [2.75, 3.05) is 36.9 Å². The molecular weight excluding hydrogens is 474 g/mol. The third-order valence-electron chi connectivity index (χ3n) is 6.42. The Hall–Kier alpha value is -1.78. The Morgan fingerprint density at radius 3 is 2.75 bits per heavy atom. The van der Waals surface area contributed by atoms with Crippen LogP contribution in [-0.2, 0) is 11.4 Å². The number of nitrogen functional groups attached to an aromatic ring is 1. The maximum absolute atomic E-state index is 13.5. The van der Waals surface area contributed by atoms with Crippen molar-refractivity contribution in [1.82, 2.24) is 14.6 Å². The quantitative estimate of drug-likeness (QED) is 0.559. The number of fused-ring (bicyclic) bond motifs is 1. The summed E-state index contributed by atoms with van der Waals surface area (Å²) in [5.41, 5.74) is 13.8. The van der Waals surface area contributed by atoms with E-state index in [4.69, 9.17) is 39.4 Å². The van der Waals surface area contributed by atoms with Crippen molar-refractivity contribution in [2.24, 2.45) is 11.1 Å². The maximum Gasteiger partial charge on any atom is 0.182 e. The van der Waals surface area contributed by atoms with Gasteiger partial charge in [-0.15, -0.1) is 5.10 Å². The predicted molar refractivity (Wildman–Crippen MR) is 125 cm³/mol. The number of aromatic nitrogens is 3. The summed E-state index contributed by atoms with van der Waals surface area (Å²) in [5.74, 6) is 0.893. The van der Waals surface area contributed by atoms with Gasteiger partial charge in [0.05, 0.1) is 33.8 Å². The van der Waals surface area contributed by atoms with Crippen molar-refractivity contribution >= 4 is 52.1 Å². The molecule has 0 saturated carbocycles. The summed E-state index contributed by atoms with van der Waals surface area (Å²) in [4.78, 5) is 8.01. The molecule has 0 aliphatic carbocycles. The van der Waals surface area contributed by atoms with Crippen LogP contribution in [0.5, 0.6) is 0 Å². The molecule has 2 aromatic heterocycles. The molecule has 1 atom stereocenters. The summed E-state index contributed by atoms with van der Waals surface area (Å²) >= 11 is 13.9. The molecule has 3 aromatic rings. The second-order valence-electron chi connectivity index (χ2n) is 8.31. The number of anilines is 2. The Labute approximate surface area is 199 Å². The Bertz CT molecular complexity index is 1170. The van der Waals surface area contributed by atoms with E-state index in [1.54, 1.807) is 10.6 Å². The van der Waals surface area contributed by atoms with Crippen molar-refractivity contribution < 1.29 is 9.13 Å². The van der Waals surface area contributed by atoms with Crippen LogP contribution in [0.3, 0.4) is 0 Å². The summed E-state index contributed by atoms with van der Waals surface area (Å²) in [6.45, 7) is 2.10. The zero-order chi connectivity index (χ0) is 22.5. The molecule has 2 fully saturated rings. The minimum atomic E-state index is -0.766. The van der Waals surface area contributed by atoms with Crippen LogP contribution >= 0.6 is 35.0 Å². The van der Waals surface area contributed by atoms with Crippen LogP contribution in [-0.4, -0.2) is 46.9 Å². The van der Waals surface area contributed by atoms with E-state index < -0.39 is 6.67 Å². The first kappa shape index (κ1) is 22.0. The highest BCUT2D eigenvalue weighted by molar-refractivity contribution is 7.99. The second-order valence-corrected chi connectivity index (χ2v) is 10.1. The van der Waals surface area contributed by atoms with Gasteiger partial charge in [-0.25, -0.2) is 9.37 Å². The van der Waals surface area contributed by atoms with Gasteiger partial charge >= 0.3 is 0 Å². The Morgan fingerprint density at radius 2 is 2.06 bits per heavy atom. The highest BCUT2D eigenvalue weighted by Gasteiger charge is 2.44. The fourth-order valence-corrected chi connectivity index (χ4v) is 5.92. The first-order chi connectivity index (χ1) is 15.4. The molecule has 0 unspecified atom stereocenters. The zero-order valence-corrected chi connectivity index (χ0v) is 19.6. The normalized spacial score (nSPS) is 20.5. The van der Waals surface area contributed by atoms with E-state index in [1.807, 2.05) is 18.2 Å². The number of hydrogen-bond acceptors (Lipinski definition) is 7. The smallest absolute Gasteiger partial charge is 0.182 e. The van der Waals surface area contributed by atoms with E-state index in [-0.39, 0.29) is 17.3 Å². The van der Waals surface area contributed by atoms with E-state index in [9.17, 15) is 4.39 Å². The lowest BCUT2D eigenvalue weighted by molar-refractivity contribution is 0.131. The largest absolute Gasteiger partial charge is 0.398 e. The van der Waals surface area contributed by atoms with Gasteiger partial charge in [0, 0.05) is 35.5 Å². The number of ether oxygens (including phenoxy) is 1. The number of alkyl halides is 1. The summed E-state index contributed by atoms with van der Waals surface area (Å²) < 4.78 is 20.8. The Balaban J connectivity index is 1.52. The van der Waals surface area contributed by atoms with Crippen LogP contribution in [0.2, 0.25) is 10.0 Å². The molecule has 0 radical (unpaired) electrons. The molecule has 2 saturated heterocycles. The van der Waals surface area contributed by atoms with Crippen molar-refractivity contribution in [3.05, 3.63) is 40.1 Å². The average Bonchev–Trinajstić information content (AvgIpc) is 3.38. The predicted octanol–water partition coefficient (Wildman–Crippen LogP) is 4.18. The van der Waals surface area contributed by atoms with Gasteiger partial charge in [0.15, 0.2) is 18.1 Å². The minimum Gasteiger partial charge on any atom is -0.398 e. The van der Waals surface area contributed by atoms with Crippen molar-refractivity contribution in [3.8, 4) is 0 Å². The van der Waals surface area contributed by atoms with Gasteiger partial charge in [-0.1, -0.05) is 41.0 Å². The molecule has 2 aliphatic heterocycles. The molecule has 32 heavy (non-hydrogen) atoms. The molecule has 1 aromatic carbocycles. The molecule has 170 valence electrons. The molecule has 2 aliphatic rings. The lowest BCUT2D eigenvalue weighted by atomic mass is 9.75. The van der Waals surface area contributed by atoms with Crippen molar-refractivity contribution in [3.63, 3.8) is 0 Å². The molecular formula is C21H23Cl2FN6OS. The summed E-state index contributed by atoms with van der Waals surface area (Å²) in [5, 5.41) is 5.29. The van der Waals surface area contributed by atoms with Crippen molar-refractivity contribution in [2.45, 2.75) is 35.3 Å². The van der Waals surface area contributed by atoms with Gasteiger partial charge < -0.3 is 21.1 Å². The van der Waals surface area contributed by atoms with Crippen LogP contribution in [0.1, 0.15) is 18.7 Å². The summed E-state index contributed by atoms with van der Waals surface area (Å²) in [6, 6.07) is 7.31. The van der Waals surface area contributed by atoms with Gasteiger partial charge in [-0.05, 0) is 25.0 Å². The summed E-state index contributed by atoms with van der Waals surface area (Å²) in [6.07, 6.45) is 1.82. The third-order valence-corrected chi connectivity index (χ3v) is 8.54. The van der Waals surface area contributed by atoms with Gasteiger partial charge in [-0.3, -0.25) is 0 Å². The number of hydrogen-bond donors (Lipinski definition) is 2. The fourth-order valence-electron chi connectivity index (χ4n) is 4.48. The zero-order valence-electron chi connectivity index (χ0n) is 17.2.